The summed E-state index contributed by atoms with van der Waals surface area (Å²) in [6.07, 6.45) is 4.22. The lowest BCUT2D eigenvalue weighted by Gasteiger charge is -2.38. The molecule has 0 radical (unpaired) electrons. The summed E-state index contributed by atoms with van der Waals surface area (Å²) in [6, 6.07) is 3.55. The van der Waals surface area contributed by atoms with Gasteiger partial charge in [0, 0.05) is 44.6 Å². The zero-order valence-electron chi connectivity index (χ0n) is 12.7. The SMILES string of the molecule is Cn1ncc(CN2CC(Cn3nc(C4CC4)ccc3=O)C2)n1. The number of aryl methyl sites for hydroxylation is 1. The van der Waals surface area contributed by atoms with E-state index in [1.807, 2.05) is 13.1 Å². The zero-order chi connectivity index (χ0) is 15.1. The molecule has 7 nitrogen and oxygen atoms in total. The highest BCUT2D eigenvalue weighted by Crippen LogP contribution is 2.38. The second kappa shape index (κ2) is 5.31. The molecule has 1 aliphatic heterocycles. The minimum Gasteiger partial charge on any atom is -0.297 e. The van der Waals surface area contributed by atoms with E-state index in [-0.39, 0.29) is 5.56 Å². The molecule has 0 amide bonds. The monoisotopic (exact) mass is 300 g/mol. The van der Waals surface area contributed by atoms with Crippen LogP contribution in [0.1, 0.15) is 30.1 Å². The topological polar surface area (TPSA) is 68.8 Å². The molecule has 1 saturated heterocycles. The van der Waals surface area contributed by atoms with Crippen molar-refractivity contribution in [3.63, 3.8) is 0 Å². The van der Waals surface area contributed by atoms with Gasteiger partial charge in [0.05, 0.1) is 24.1 Å². The lowest BCUT2D eigenvalue weighted by molar-refractivity contribution is 0.0751. The Morgan fingerprint density at radius 1 is 1.23 bits per heavy atom. The number of hydrogen-bond donors (Lipinski definition) is 0. The molecule has 4 rings (SSSR count). The smallest absolute Gasteiger partial charge is 0.266 e. The standard InChI is InChI=1S/C15H20N6O/c1-19-16-6-13(17-19)10-20-7-11(8-20)9-21-15(22)5-4-14(18-21)12-2-3-12/h4-6,11-12H,2-3,7-10H2,1H3. The summed E-state index contributed by atoms with van der Waals surface area (Å²) < 4.78 is 1.65. The van der Waals surface area contributed by atoms with Crippen molar-refractivity contribution in [1.29, 1.82) is 0 Å². The van der Waals surface area contributed by atoms with Gasteiger partial charge in [-0.25, -0.2) is 4.68 Å². The summed E-state index contributed by atoms with van der Waals surface area (Å²) in [5.74, 6) is 1.08. The molecule has 0 aromatic carbocycles. The molecule has 2 aromatic rings. The largest absolute Gasteiger partial charge is 0.297 e. The lowest BCUT2D eigenvalue weighted by Crippen LogP contribution is -2.49. The molecule has 1 aliphatic carbocycles. The van der Waals surface area contributed by atoms with Crippen molar-refractivity contribution < 1.29 is 0 Å². The normalized spacial score (nSPS) is 19.3. The lowest BCUT2D eigenvalue weighted by atomic mass is 10.00. The third-order valence-electron chi connectivity index (χ3n) is 4.38. The van der Waals surface area contributed by atoms with Crippen LogP contribution in [0.25, 0.3) is 0 Å². The van der Waals surface area contributed by atoms with Gasteiger partial charge >= 0.3 is 0 Å². The van der Waals surface area contributed by atoms with Gasteiger partial charge in [-0.3, -0.25) is 9.69 Å². The molecule has 22 heavy (non-hydrogen) atoms. The predicted molar refractivity (Wildman–Crippen MR) is 80.2 cm³/mol. The molecule has 0 unspecified atom stereocenters. The van der Waals surface area contributed by atoms with Crippen molar-refractivity contribution in [2.75, 3.05) is 13.1 Å². The first-order valence-corrected chi connectivity index (χ1v) is 7.83. The first-order chi connectivity index (χ1) is 10.7. The van der Waals surface area contributed by atoms with Crippen LogP contribution in [0.5, 0.6) is 0 Å². The van der Waals surface area contributed by atoms with E-state index in [1.165, 1.54) is 12.8 Å². The van der Waals surface area contributed by atoms with Crippen molar-refractivity contribution in [2.24, 2.45) is 13.0 Å². The fourth-order valence-electron chi connectivity index (χ4n) is 3.05. The van der Waals surface area contributed by atoms with Crippen LogP contribution in [0.15, 0.2) is 23.1 Å². The summed E-state index contributed by atoms with van der Waals surface area (Å²) in [5, 5.41) is 12.9. The molecule has 2 fully saturated rings. The van der Waals surface area contributed by atoms with Gasteiger partial charge < -0.3 is 0 Å². The Hall–Kier alpha value is -2.02. The maximum absolute atomic E-state index is 11.9. The third kappa shape index (κ3) is 2.81. The first kappa shape index (κ1) is 13.6. The van der Waals surface area contributed by atoms with Crippen LogP contribution in [-0.2, 0) is 20.1 Å². The van der Waals surface area contributed by atoms with Crippen LogP contribution < -0.4 is 5.56 Å². The molecule has 116 valence electrons. The summed E-state index contributed by atoms with van der Waals surface area (Å²) in [4.78, 5) is 15.8. The highest BCUT2D eigenvalue weighted by Gasteiger charge is 2.29. The van der Waals surface area contributed by atoms with Gasteiger partial charge in [0.25, 0.3) is 5.56 Å². The Morgan fingerprint density at radius 2 is 2.05 bits per heavy atom. The highest BCUT2D eigenvalue weighted by molar-refractivity contribution is 5.12. The minimum absolute atomic E-state index is 0.0109. The van der Waals surface area contributed by atoms with Crippen LogP contribution in [0.2, 0.25) is 0 Å². The Balaban J connectivity index is 1.34. The van der Waals surface area contributed by atoms with E-state index in [0.717, 1.165) is 37.6 Å². The predicted octanol–water partition coefficient (Wildman–Crippen LogP) is 0.381. The molecule has 0 N–H and O–H groups in total. The van der Waals surface area contributed by atoms with E-state index in [4.69, 9.17) is 0 Å². The second-order valence-electron chi connectivity index (χ2n) is 6.44. The first-order valence-electron chi connectivity index (χ1n) is 7.83. The number of nitrogens with zero attached hydrogens (tertiary/aromatic N) is 6. The average Bonchev–Trinajstić information content (AvgIpc) is 3.22. The van der Waals surface area contributed by atoms with E-state index in [1.54, 1.807) is 21.7 Å². The van der Waals surface area contributed by atoms with E-state index in [0.29, 0.717) is 11.8 Å². The maximum atomic E-state index is 11.9. The van der Waals surface area contributed by atoms with Crippen LogP contribution in [0.4, 0.5) is 0 Å². The highest BCUT2D eigenvalue weighted by atomic mass is 16.1. The Kier molecular flexibility index (Phi) is 3.29. The van der Waals surface area contributed by atoms with Gasteiger partial charge in [0.2, 0.25) is 0 Å². The molecule has 2 aliphatic rings. The molecule has 2 aromatic heterocycles. The molecule has 0 bridgehead atoms. The minimum atomic E-state index is 0.0109. The molecule has 0 atom stereocenters. The maximum Gasteiger partial charge on any atom is 0.266 e. The van der Waals surface area contributed by atoms with Gasteiger partial charge in [-0.2, -0.15) is 20.1 Å². The Labute approximate surface area is 128 Å². The summed E-state index contributed by atoms with van der Waals surface area (Å²) in [6.45, 7) is 3.52. The van der Waals surface area contributed by atoms with Crippen molar-refractivity contribution in [1.82, 2.24) is 29.7 Å². The van der Waals surface area contributed by atoms with Crippen molar-refractivity contribution in [3.05, 3.63) is 40.1 Å². The summed E-state index contributed by atoms with van der Waals surface area (Å²) in [7, 11) is 1.83. The van der Waals surface area contributed by atoms with Gasteiger partial charge in [0.15, 0.2) is 0 Å². The van der Waals surface area contributed by atoms with E-state index in [9.17, 15) is 4.79 Å². The number of aromatic nitrogens is 5. The van der Waals surface area contributed by atoms with Crippen LogP contribution >= 0.6 is 0 Å². The second-order valence-corrected chi connectivity index (χ2v) is 6.44. The van der Waals surface area contributed by atoms with E-state index >= 15 is 0 Å². The molecular weight excluding hydrogens is 280 g/mol. The third-order valence-corrected chi connectivity index (χ3v) is 4.38. The van der Waals surface area contributed by atoms with Crippen molar-refractivity contribution >= 4 is 0 Å². The number of hydrogen-bond acceptors (Lipinski definition) is 5. The number of likely N-dealkylation sites (tertiary alicyclic amines) is 1. The fraction of sp³-hybridized carbons (Fsp3) is 0.600. The van der Waals surface area contributed by atoms with Crippen LogP contribution in [-0.4, -0.2) is 42.8 Å². The Morgan fingerprint density at radius 3 is 2.73 bits per heavy atom. The van der Waals surface area contributed by atoms with Crippen molar-refractivity contribution in [2.45, 2.75) is 31.8 Å². The average molecular weight is 300 g/mol. The van der Waals surface area contributed by atoms with E-state index < -0.39 is 0 Å². The molecule has 7 heteroatoms. The van der Waals surface area contributed by atoms with E-state index in [2.05, 4.69) is 20.2 Å². The summed E-state index contributed by atoms with van der Waals surface area (Å²) >= 11 is 0. The number of rotatable bonds is 5. The van der Waals surface area contributed by atoms with Gasteiger partial charge in [-0.1, -0.05) is 0 Å². The molecular formula is C15H20N6O. The Bertz CT molecular complexity index is 726. The quantitative estimate of drug-likeness (QED) is 0.798. The van der Waals surface area contributed by atoms with Gasteiger partial charge in [0.1, 0.15) is 0 Å². The molecule has 1 saturated carbocycles. The van der Waals surface area contributed by atoms with Gasteiger partial charge in [-0.05, 0) is 18.9 Å². The summed E-state index contributed by atoms with van der Waals surface area (Å²) in [5.41, 5.74) is 2.08. The molecule has 3 heterocycles. The molecule has 0 spiro atoms. The van der Waals surface area contributed by atoms with Crippen LogP contribution in [0.3, 0.4) is 0 Å². The fourth-order valence-corrected chi connectivity index (χ4v) is 3.05. The zero-order valence-corrected chi connectivity index (χ0v) is 12.7. The van der Waals surface area contributed by atoms with Crippen molar-refractivity contribution in [3.8, 4) is 0 Å². The van der Waals surface area contributed by atoms with Gasteiger partial charge in [-0.15, -0.1) is 0 Å². The van der Waals surface area contributed by atoms with Crippen LogP contribution in [0, 0.1) is 5.92 Å².